The minimum Gasteiger partial charge on any atom is -0.508 e. The average Bonchev–Trinajstić information content (AvgIpc) is 1.94. The molecule has 0 fully saturated rings. The molecule has 0 saturated carbocycles. The average molecular weight is 174 g/mol. The van der Waals surface area contributed by atoms with E-state index in [1.165, 1.54) is 0 Å². The number of nitrogens with two attached hydrogens (primary N) is 1. The fraction of sp³-hybridized carbons (Fsp3) is 0.250. The minimum absolute atomic E-state index is 0. The third-order valence-corrected chi connectivity index (χ3v) is 1.45. The van der Waals surface area contributed by atoms with Gasteiger partial charge >= 0.3 is 0 Å². The van der Waals surface area contributed by atoms with Gasteiger partial charge in [0, 0.05) is 12.1 Å². The molecule has 0 aliphatic heterocycles. The monoisotopic (exact) mass is 173 g/mol. The van der Waals surface area contributed by atoms with Crippen molar-refractivity contribution in [1.82, 2.24) is 0 Å². The molecule has 0 bridgehead atoms. The van der Waals surface area contributed by atoms with Crippen molar-refractivity contribution >= 4 is 12.4 Å². The SMILES string of the molecule is Cc1ccc(O)c(CN)c1.Cl. The molecule has 0 heterocycles. The molecular formula is C8H12ClNO. The van der Waals surface area contributed by atoms with E-state index in [2.05, 4.69) is 0 Å². The highest BCUT2D eigenvalue weighted by Crippen LogP contribution is 2.16. The van der Waals surface area contributed by atoms with Gasteiger partial charge in [0.05, 0.1) is 0 Å². The van der Waals surface area contributed by atoms with Gasteiger partial charge in [-0.25, -0.2) is 0 Å². The van der Waals surface area contributed by atoms with Crippen LogP contribution in [0.5, 0.6) is 5.75 Å². The lowest BCUT2D eigenvalue weighted by atomic mass is 10.1. The maximum Gasteiger partial charge on any atom is 0.120 e. The third-order valence-electron chi connectivity index (χ3n) is 1.45. The van der Waals surface area contributed by atoms with Gasteiger partial charge in [-0.3, -0.25) is 0 Å². The van der Waals surface area contributed by atoms with Crippen molar-refractivity contribution in [3.8, 4) is 5.75 Å². The van der Waals surface area contributed by atoms with Crippen molar-refractivity contribution in [2.24, 2.45) is 5.73 Å². The fourth-order valence-electron chi connectivity index (χ4n) is 0.878. The molecule has 0 aromatic heterocycles. The van der Waals surface area contributed by atoms with Gasteiger partial charge in [-0.1, -0.05) is 17.7 Å². The third kappa shape index (κ3) is 2.41. The second-order valence-electron chi connectivity index (χ2n) is 2.34. The quantitative estimate of drug-likeness (QED) is 0.678. The smallest absolute Gasteiger partial charge is 0.120 e. The molecule has 2 nitrogen and oxygen atoms in total. The molecule has 0 aliphatic rings. The topological polar surface area (TPSA) is 46.2 Å². The maximum atomic E-state index is 9.15. The number of hydrogen-bond donors (Lipinski definition) is 2. The van der Waals surface area contributed by atoms with Gasteiger partial charge in [0.15, 0.2) is 0 Å². The molecule has 0 amide bonds. The van der Waals surface area contributed by atoms with Crippen LogP contribution >= 0.6 is 12.4 Å². The van der Waals surface area contributed by atoms with Gasteiger partial charge in [0.1, 0.15) is 5.75 Å². The molecule has 1 aromatic rings. The van der Waals surface area contributed by atoms with Crippen LogP contribution in [0.2, 0.25) is 0 Å². The largest absolute Gasteiger partial charge is 0.508 e. The lowest BCUT2D eigenvalue weighted by Gasteiger charge is -2.00. The van der Waals surface area contributed by atoms with E-state index in [4.69, 9.17) is 10.8 Å². The molecule has 0 spiro atoms. The van der Waals surface area contributed by atoms with Crippen LogP contribution in [-0.2, 0) is 6.54 Å². The van der Waals surface area contributed by atoms with E-state index in [0.29, 0.717) is 6.54 Å². The fourth-order valence-corrected chi connectivity index (χ4v) is 0.878. The van der Waals surface area contributed by atoms with E-state index in [0.717, 1.165) is 11.1 Å². The van der Waals surface area contributed by atoms with E-state index in [9.17, 15) is 0 Å². The molecule has 0 unspecified atom stereocenters. The molecule has 1 aromatic carbocycles. The van der Waals surface area contributed by atoms with Crippen molar-refractivity contribution < 1.29 is 5.11 Å². The number of hydrogen-bond acceptors (Lipinski definition) is 2. The van der Waals surface area contributed by atoms with E-state index in [1.807, 2.05) is 19.1 Å². The minimum atomic E-state index is 0. The van der Waals surface area contributed by atoms with E-state index in [-0.39, 0.29) is 18.2 Å². The highest BCUT2D eigenvalue weighted by atomic mass is 35.5. The Morgan fingerprint density at radius 1 is 1.45 bits per heavy atom. The Morgan fingerprint density at radius 2 is 2.09 bits per heavy atom. The normalized spacial score (nSPS) is 8.91. The summed E-state index contributed by atoms with van der Waals surface area (Å²) in [5.74, 6) is 0.285. The summed E-state index contributed by atoms with van der Waals surface area (Å²) in [7, 11) is 0. The Bertz CT molecular complexity index is 238. The van der Waals surface area contributed by atoms with Crippen LogP contribution in [0.4, 0.5) is 0 Å². The Labute approximate surface area is 72.4 Å². The highest BCUT2D eigenvalue weighted by Gasteiger charge is 1.96. The molecule has 62 valence electrons. The Balaban J connectivity index is 0.000001000. The summed E-state index contributed by atoms with van der Waals surface area (Å²) in [6.45, 7) is 2.37. The molecule has 0 aliphatic carbocycles. The van der Waals surface area contributed by atoms with Crippen LogP contribution < -0.4 is 5.73 Å². The zero-order valence-electron chi connectivity index (χ0n) is 6.37. The first-order valence-corrected chi connectivity index (χ1v) is 3.22. The van der Waals surface area contributed by atoms with Crippen LogP contribution in [0.15, 0.2) is 18.2 Å². The summed E-state index contributed by atoms with van der Waals surface area (Å²) in [5, 5.41) is 9.15. The molecule has 11 heavy (non-hydrogen) atoms. The van der Waals surface area contributed by atoms with Gasteiger partial charge in [-0.05, 0) is 13.0 Å². The summed E-state index contributed by atoms with van der Waals surface area (Å²) < 4.78 is 0. The van der Waals surface area contributed by atoms with Crippen molar-refractivity contribution in [2.75, 3.05) is 0 Å². The first kappa shape index (κ1) is 10.3. The van der Waals surface area contributed by atoms with Crippen molar-refractivity contribution in [2.45, 2.75) is 13.5 Å². The Morgan fingerprint density at radius 3 is 2.55 bits per heavy atom. The predicted molar refractivity (Wildman–Crippen MR) is 48.0 cm³/mol. The lowest BCUT2D eigenvalue weighted by molar-refractivity contribution is 0.468. The maximum absolute atomic E-state index is 9.15. The van der Waals surface area contributed by atoms with Crippen LogP contribution in [-0.4, -0.2) is 5.11 Å². The Kier molecular flexibility index (Phi) is 3.93. The molecule has 0 atom stereocenters. The molecule has 0 radical (unpaired) electrons. The van der Waals surface area contributed by atoms with Crippen molar-refractivity contribution in [3.63, 3.8) is 0 Å². The zero-order chi connectivity index (χ0) is 7.56. The molecule has 3 heteroatoms. The Hall–Kier alpha value is -0.730. The summed E-state index contributed by atoms with van der Waals surface area (Å²) >= 11 is 0. The first-order valence-electron chi connectivity index (χ1n) is 3.22. The summed E-state index contributed by atoms with van der Waals surface area (Å²) in [6, 6.07) is 5.40. The molecule has 1 rings (SSSR count). The number of phenolic OH excluding ortho intramolecular Hbond substituents is 1. The van der Waals surface area contributed by atoms with Gasteiger partial charge in [-0.15, -0.1) is 12.4 Å². The van der Waals surface area contributed by atoms with Gasteiger partial charge in [-0.2, -0.15) is 0 Å². The number of halogens is 1. The first-order chi connectivity index (χ1) is 4.74. The van der Waals surface area contributed by atoms with Crippen LogP contribution in [0.3, 0.4) is 0 Å². The van der Waals surface area contributed by atoms with Crippen LogP contribution in [0.1, 0.15) is 11.1 Å². The lowest BCUT2D eigenvalue weighted by Crippen LogP contribution is -1.96. The molecule has 3 N–H and O–H groups in total. The number of benzene rings is 1. The van der Waals surface area contributed by atoms with Crippen molar-refractivity contribution in [1.29, 1.82) is 0 Å². The van der Waals surface area contributed by atoms with E-state index >= 15 is 0 Å². The summed E-state index contributed by atoms with van der Waals surface area (Å²) in [5.41, 5.74) is 7.29. The predicted octanol–water partition coefficient (Wildman–Crippen LogP) is 1.58. The standard InChI is InChI=1S/C8H11NO.ClH/c1-6-2-3-8(10)7(4-6)5-9;/h2-4,10H,5,9H2,1H3;1H. The van der Waals surface area contributed by atoms with Crippen LogP contribution in [0.25, 0.3) is 0 Å². The number of phenols is 1. The number of rotatable bonds is 1. The zero-order valence-corrected chi connectivity index (χ0v) is 7.19. The van der Waals surface area contributed by atoms with Crippen molar-refractivity contribution in [3.05, 3.63) is 29.3 Å². The molecular weight excluding hydrogens is 162 g/mol. The highest BCUT2D eigenvalue weighted by molar-refractivity contribution is 5.85. The van der Waals surface area contributed by atoms with Gasteiger partial charge in [0.2, 0.25) is 0 Å². The van der Waals surface area contributed by atoms with Gasteiger partial charge < -0.3 is 10.8 Å². The van der Waals surface area contributed by atoms with Crippen LogP contribution in [0, 0.1) is 6.92 Å². The van der Waals surface area contributed by atoms with Gasteiger partial charge in [0.25, 0.3) is 0 Å². The van der Waals surface area contributed by atoms with E-state index in [1.54, 1.807) is 6.07 Å². The summed E-state index contributed by atoms with van der Waals surface area (Å²) in [4.78, 5) is 0. The molecule has 0 saturated heterocycles. The second kappa shape index (κ2) is 4.21. The van der Waals surface area contributed by atoms with E-state index < -0.39 is 0 Å². The second-order valence-corrected chi connectivity index (χ2v) is 2.34. The number of aryl methyl sites for hydroxylation is 1. The summed E-state index contributed by atoms with van der Waals surface area (Å²) in [6.07, 6.45) is 0. The number of aromatic hydroxyl groups is 1.